The van der Waals surface area contributed by atoms with Gasteiger partial charge in [-0.2, -0.15) is 0 Å². The van der Waals surface area contributed by atoms with E-state index in [0.29, 0.717) is 35.2 Å². The zero-order chi connectivity index (χ0) is 36.4. The number of anilines is 2. The van der Waals surface area contributed by atoms with Gasteiger partial charge in [0.2, 0.25) is 0 Å². The summed E-state index contributed by atoms with van der Waals surface area (Å²) in [5.74, 6) is 0.254. The minimum absolute atomic E-state index is 0.0104. The number of fused-ring (bicyclic) bond motifs is 1. The van der Waals surface area contributed by atoms with E-state index in [9.17, 15) is 23.1 Å². The van der Waals surface area contributed by atoms with Crippen molar-refractivity contribution in [3.05, 3.63) is 77.3 Å². The Kier molecular flexibility index (Phi) is 13.8. The second kappa shape index (κ2) is 17.8. The molecule has 0 radical (unpaired) electrons. The number of hydrogen-bond donors (Lipinski definition) is 3. The highest BCUT2D eigenvalue weighted by molar-refractivity contribution is 7.92. The summed E-state index contributed by atoms with van der Waals surface area (Å²) in [6.07, 6.45) is 1.53. The van der Waals surface area contributed by atoms with E-state index < -0.39 is 28.1 Å². The molecule has 0 saturated heterocycles. The Bertz CT molecular complexity index is 1690. The second-order valence-electron chi connectivity index (χ2n) is 12.6. The molecule has 4 atom stereocenters. The Hall–Kier alpha value is -4.04. The van der Waals surface area contributed by atoms with E-state index in [1.54, 1.807) is 62.4 Å². The first-order chi connectivity index (χ1) is 23.8. The van der Waals surface area contributed by atoms with Gasteiger partial charge in [0.15, 0.2) is 0 Å². The van der Waals surface area contributed by atoms with E-state index in [2.05, 4.69) is 10.0 Å². The van der Waals surface area contributed by atoms with Crippen molar-refractivity contribution < 1.29 is 37.3 Å². The Balaban J connectivity index is 1.61. The number of carbonyl (C=O) groups is 2. The third-order valence-electron chi connectivity index (χ3n) is 8.57. The van der Waals surface area contributed by atoms with Crippen LogP contribution in [0, 0.1) is 5.92 Å². The van der Waals surface area contributed by atoms with Gasteiger partial charge in [-0.15, -0.1) is 0 Å². The lowest BCUT2D eigenvalue weighted by Gasteiger charge is -2.35. The fourth-order valence-electron chi connectivity index (χ4n) is 5.52. The molecule has 4 rings (SSSR count). The van der Waals surface area contributed by atoms with Crippen LogP contribution in [0.1, 0.15) is 50.4 Å². The van der Waals surface area contributed by atoms with E-state index in [1.165, 1.54) is 35.2 Å². The van der Waals surface area contributed by atoms with Crippen LogP contribution < -0.4 is 19.5 Å². The lowest BCUT2D eigenvalue weighted by Crippen LogP contribution is -2.48. The van der Waals surface area contributed by atoms with Gasteiger partial charge >= 0.3 is 6.03 Å². The average molecular weight is 731 g/mol. The molecular formula is C36H47ClN4O8S. The Morgan fingerprint density at radius 2 is 1.76 bits per heavy atom. The van der Waals surface area contributed by atoms with Crippen molar-refractivity contribution in [1.82, 2.24) is 9.80 Å². The highest BCUT2D eigenvalue weighted by Gasteiger charge is 2.31. The molecule has 0 aliphatic carbocycles. The van der Waals surface area contributed by atoms with E-state index in [0.717, 1.165) is 12.8 Å². The number of likely N-dealkylation sites (N-methyl/N-ethyl adjacent to an activating group) is 1. The molecular weight excluding hydrogens is 684 g/mol. The molecule has 50 heavy (non-hydrogen) atoms. The number of aliphatic hydroxyl groups excluding tert-OH is 1. The van der Waals surface area contributed by atoms with Crippen molar-refractivity contribution in [2.45, 2.75) is 63.2 Å². The van der Waals surface area contributed by atoms with Gasteiger partial charge in [0.1, 0.15) is 11.5 Å². The van der Waals surface area contributed by atoms with Gasteiger partial charge in [0.25, 0.3) is 15.9 Å². The Labute approximate surface area is 299 Å². The summed E-state index contributed by atoms with van der Waals surface area (Å²) >= 11 is 5.95. The summed E-state index contributed by atoms with van der Waals surface area (Å²) in [5.41, 5.74) is 0.923. The number of methoxy groups -OCH3 is 1. The van der Waals surface area contributed by atoms with Gasteiger partial charge in [-0.05, 0) is 99.8 Å². The Morgan fingerprint density at radius 3 is 2.42 bits per heavy atom. The molecule has 14 heteroatoms. The van der Waals surface area contributed by atoms with Crippen LogP contribution in [0.3, 0.4) is 0 Å². The third kappa shape index (κ3) is 10.5. The zero-order valence-electron chi connectivity index (χ0n) is 29.1. The minimum atomic E-state index is -4.00. The van der Waals surface area contributed by atoms with Crippen LogP contribution in [0.4, 0.5) is 16.2 Å². The molecule has 12 nitrogen and oxygen atoms in total. The number of ether oxygens (including phenoxy) is 3. The van der Waals surface area contributed by atoms with Crippen LogP contribution in [0.5, 0.6) is 11.5 Å². The molecule has 3 amide bonds. The summed E-state index contributed by atoms with van der Waals surface area (Å²) in [6, 6.07) is 16.4. The predicted molar refractivity (Wildman–Crippen MR) is 194 cm³/mol. The largest absolute Gasteiger partial charge is 0.497 e. The minimum Gasteiger partial charge on any atom is -0.497 e. The number of hydrogen-bond acceptors (Lipinski definition) is 8. The number of aliphatic hydroxyl groups is 1. The lowest BCUT2D eigenvalue weighted by atomic mass is 10.0. The van der Waals surface area contributed by atoms with Crippen molar-refractivity contribution in [2.24, 2.45) is 5.92 Å². The maximum Gasteiger partial charge on any atom is 0.321 e. The predicted octanol–water partition coefficient (Wildman–Crippen LogP) is 6.11. The number of sulfonamides is 1. The highest BCUT2D eigenvalue weighted by atomic mass is 35.5. The van der Waals surface area contributed by atoms with Gasteiger partial charge < -0.3 is 34.4 Å². The van der Waals surface area contributed by atoms with Crippen LogP contribution >= 0.6 is 11.6 Å². The molecule has 3 aromatic carbocycles. The maximum absolute atomic E-state index is 14.4. The number of benzene rings is 3. The SMILES string of the molecule is COc1ccc(NC(=O)N(C)C[C@@H]2OCCCC[C@@H](C)Oc3ccc(NS(=O)(=O)c4ccc(Cl)cc4)cc3C(=O)N([C@@H](C)CO)C[C@H]2C)cc1. The quantitative estimate of drug-likeness (QED) is 0.239. The van der Waals surface area contributed by atoms with Crippen molar-refractivity contribution in [3.63, 3.8) is 0 Å². The molecule has 3 aromatic rings. The third-order valence-corrected chi connectivity index (χ3v) is 10.2. The number of nitrogens with zero attached hydrogens (tertiary/aromatic N) is 2. The van der Waals surface area contributed by atoms with Crippen LogP contribution in [-0.2, 0) is 14.8 Å². The molecule has 1 aliphatic heterocycles. The number of urea groups is 1. The van der Waals surface area contributed by atoms with Crippen molar-refractivity contribution in [3.8, 4) is 11.5 Å². The summed E-state index contributed by atoms with van der Waals surface area (Å²) < 4.78 is 46.7. The van der Waals surface area contributed by atoms with E-state index >= 15 is 0 Å². The first kappa shape index (κ1) is 38.8. The molecule has 1 aliphatic rings. The van der Waals surface area contributed by atoms with E-state index in [-0.39, 0.29) is 53.9 Å². The number of nitrogens with one attached hydrogen (secondary N) is 2. The number of rotatable bonds is 9. The fraction of sp³-hybridized carbons (Fsp3) is 0.444. The van der Waals surface area contributed by atoms with E-state index in [4.69, 9.17) is 25.8 Å². The lowest BCUT2D eigenvalue weighted by molar-refractivity contribution is -0.0115. The molecule has 0 saturated carbocycles. The van der Waals surface area contributed by atoms with Crippen molar-refractivity contribution in [1.29, 1.82) is 0 Å². The van der Waals surface area contributed by atoms with Crippen LogP contribution in [0.2, 0.25) is 5.02 Å². The first-order valence-electron chi connectivity index (χ1n) is 16.6. The van der Waals surface area contributed by atoms with Crippen molar-refractivity contribution >= 4 is 44.9 Å². The molecule has 1 heterocycles. The van der Waals surface area contributed by atoms with Gasteiger partial charge in [-0.25, -0.2) is 13.2 Å². The fourth-order valence-corrected chi connectivity index (χ4v) is 6.70. The summed E-state index contributed by atoms with van der Waals surface area (Å²) in [4.78, 5) is 30.6. The van der Waals surface area contributed by atoms with Crippen LogP contribution in [0.25, 0.3) is 0 Å². The van der Waals surface area contributed by atoms with Gasteiger partial charge in [0, 0.05) is 49.1 Å². The molecule has 3 N–H and O–H groups in total. The second-order valence-corrected chi connectivity index (χ2v) is 14.7. The van der Waals surface area contributed by atoms with Crippen molar-refractivity contribution in [2.75, 3.05) is 50.5 Å². The van der Waals surface area contributed by atoms with E-state index in [1.807, 2.05) is 13.8 Å². The number of amides is 3. The maximum atomic E-state index is 14.4. The standard InChI is InChI=1S/C36H47ClN4O8S/c1-24-21-41(25(2)23-42)35(43)32-20-29(39-50(45,46)31-16-9-27(37)10-17-31)13-18-33(32)49-26(3)8-6-7-19-48-34(24)22-40(4)36(44)38-28-11-14-30(47-5)15-12-28/h9-18,20,24-26,34,39,42H,6-8,19,21-23H2,1-5H3,(H,38,44)/t24-,25+,26-,34+/m1/s1. The molecule has 0 aromatic heterocycles. The first-order valence-corrected chi connectivity index (χ1v) is 18.5. The number of halogens is 1. The molecule has 0 spiro atoms. The smallest absolute Gasteiger partial charge is 0.321 e. The van der Waals surface area contributed by atoms with Gasteiger partial charge in [-0.3, -0.25) is 9.52 Å². The highest BCUT2D eigenvalue weighted by Crippen LogP contribution is 2.30. The zero-order valence-corrected chi connectivity index (χ0v) is 30.7. The summed E-state index contributed by atoms with van der Waals surface area (Å²) in [5, 5.41) is 13.5. The van der Waals surface area contributed by atoms with Gasteiger partial charge in [-0.1, -0.05) is 18.5 Å². The molecule has 272 valence electrons. The number of carbonyl (C=O) groups excluding carboxylic acids is 2. The molecule has 0 bridgehead atoms. The Morgan fingerprint density at radius 1 is 1.08 bits per heavy atom. The molecule has 0 fully saturated rings. The molecule has 0 unspecified atom stereocenters. The summed E-state index contributed by atoms with van der Waals surface area (Å²) in [6.45, 7) is 6.13. The monoisotopic (exact) mass is 730 g/mol. The normalized spacial score (nSPS) is 19.7. The summed E-state index contributed by atoms with van der Waals surface area (Å²) in [7, 11) is -0.745. The topological polar surface area (TPSA) is 147 Å². The van der Waals surface area contributed by atoms with Crippen LogP contribution in [0.15, 0.2) is 71.6 Å². The average Bonchev–Trinajstić information content (AvgIpc) is 3.09. The van der Waals surface area contributed by atoms with Crippen LogP contribution in [-0.4, -0.2) is 94.0 Å². The van der Waals surface area contributed by atoms with Gasteiger partial charge in [0.05, 0.1) is 42.4 Å².